The van der Waals surface area contributed by atoms with Crippen LogP contribution in [0.2, 0.25) is 0 Å². The van der Waals surface area contributed by atoms with Gasteiger partial charge in [-0.15, -0.1) is 5.10 Å². The molecule has 2 N–H and O–H groups in total. The first kappa shape index (κ1) is 15.6. The standard InChI is InChI=1S/C17H21N7O/c1-4-12-20-15-13-16(21-12)24(8-9-25-17(13)22-23(15)3)10(2)11-6-5-7-19-14(11)18/h5-7,10H,4,8-9H2,1-3H3,(H2,18,19). The summed E-state index contributed by atoms with van der Waals surface area (Å²) in [5, 5.41) is 5.32. The molecule has 8 heteroatoms. The molecule has 4 rings (SSSR count). The average Bonchev–Trinajstić information content (AvgIpc) is 2.82. The molecule has 0 saturated heterocycles. The zero-order valence-corrected chi connectivity index (χ0v) is 14.6. The summed E-state index contributed by atoms with van der Waals surface area (Å²) in [7, 11) is 1.87. The van der Waals surface area contributed by atoms with Gasteiger partial charge in [-0.3, -0.25) is 0 Å². The smallest absolute Gasteiger partial charge is 0.246 e. The van der Waals surface area contributed by atoms with Gasteiger partial charge in [-0.05, 0) is 13.0 Å². The lowest BCUT2D eigenvalue weighted by atomic mass is 10.1. The Morgan fingerprint density at radius 2 is 2.20 bits per heavy atom. The fraction of sp³-hybridized carbons (Fsp3) is 0.412. The summed E-state index contributed by atoms with van der Waals surface area (Å²) >= 11 is 0. The Morgan fingerprint density at radius 1 is 1.36 bits per heavy atom. The van der Waals surface area contributed by atoms with Crippen molar-refractivity contribution in [3.05, 3.63) is 29.7 Å². The van der Waals surface area contributed by atoms with E-state index < -0.39 is 0 Å². The summed E-state index contributed by atoms with van der Waals surface area (Å²) in [6.45, 7) is 5.36. The van der Waals surface area contributed by atoms with Crippen LogP contribution in [0.3, 0.4) is 0 Å². The van der Waals surface area contributed by atoms with Crippen molar-refractivity contribution >= 4 is 22.7 Å². The first-order valence-corrected chi connectivity index (χ1v) is 8.43. The summed E-state index contributed by atoms with van der Waals surface area (Å²) in [4.78, 5) is 15.9. The van der Waals surface area contributed by atoms with E-state index in [1.807, 2.05) is 26.1 Å². The predicted molar refractivity (Wildman–Crippen MR) is 95.6 cm³/mol. The molecule has 0 bridgehead atoms. The van der Waals surface area contributed by atoms with Crippen molar-refractivity contribution in [2.45, 2.75) is 26.3 Å². The van der Waals surface area contributed by atoms with Crippen LogP contribution in [0.1, 0.15) is 31.3 Å². The van der Waals surface area contributed by atoms with Crippen LogP contribution in [0.4, 0.5) is 11.6 Å². The monoisotopic (exact) mass is 339 g/mol. The zero-order valence-electron chi connectivity index (χ0n) is 14.6. The molecule has 0 spiro atoms. The normalized spacial score (nSPS) is 15.1. The number of nitrogen functional groups attached to an aromatic ring is 1. The highest BCUT2D eigenvalue weighted by Crippen LogP contribution is 2.38. The van der Waals surface area contributed by atoms with E-state index in [4.69, 9.17) is 15.5 Å². The largest absolute Gasteiger partial charge is 0.474 e. The van der Waals surface area contributed by atoms with Crippen molar-refractivity contribution in [1.82, 2.24) is 24.7 Å². The van der Waals surface area contributed by atoms with Crippen LogP contribution in [0.25, 0.3) is 11.0 Å². The number of ether oxygens (including phenoxy) is 1. The maximum absolute atomic E-state index is 6.10. The minimum absolute atomic E-state index is 0.00580. The number of nitrogens with two attached hydrogens (primary N) is 1. The molecule has 0 fully saturated rings. The quantitative estimate of drug-likeness (QED) is 0.778. The number of hydrogen-bond acceptors (Lipinski definition) is 7. The second kappa shape index (κ2) is 5.87. The Bertz CT molecular complexity index is 936. The summed E-state index contributed by atoms with van der Waals surface area (Å²) in [6, 6.07) is 3.91. The highest BCUT2D eigenvalue weighted by atomic mass is 16.5. The fourth-order valence-electron chi connectivity index (χ4n) is 3.28. The molecule has 0 amide bonds. The van der Waals surface area contributed by atoms with Gasteiger partial charge in [-0.1, -0.05) is 13.0 Å². The molecule has 130 valence electrons. The van der Waals surface area contributed by atoms with Crippen molar-refractivity contribution in [3.8, 4) is 5.88 Å². The van der Waals surface area contributed by atoms with Crippen LogP contribution >= 0.6 is 0 Å². The van der Waals surface area contributed by atoms with Crippen molar-refractivity contribution in [2.75, 3.05) is 23.8 Å². The molecule has 1 aliphatic heterocycles. The van der Waals surface area contributed by atoms with Gasteiger partial charge in [0, 0.05) is 25.2 Å². The van der Waals surface area contributed by atoms with E-state index in [9.17, 15) is 0 Å². The van der Waals surface area contributed by atoms with Crippen LogP contribution in [0, 0.1) is 0 Å². The maximum Gasteiger partial charge on any atom is 0.246 e. The number of aryl methyl sites for hydroxylation is 2. The van der Waals surface area contributed by atoms with Crippen molar-refractivity contribution in [3.63, 3.8) is 0 Å². The molecule has 4 heterocycles. The summed E-state index contributed by atoms with van der Waals surface area (Å²) < 4.78 is 7.61. The number of pyridine rings is 1. The van der Waals surface area contributed by atoms with Crippen LogP contribution in [0.15, 0.2) is 18.3 Å². The minimum atomic E-state index is 0.00580. The number of rotatable bonds is 3. The van der Waals surface area contributed by atoms with Crippen molar-refractivity contribution in [1.29, 1.82) is 0 Å². The molecule has 0 saturated carbocycles. The Morgan fingerprint density at radius 3 is 2.96 bits per heavy atom. The second-order valence-corrected chi connectivity index (χ2v) is 6.14. The van der Waals surface area contributed by atoms with Gasteiger partial charge in [0.25, 0.3) is 0 Å². The van der Waals surface area contributed by atoms with Crippen LogP contribution < -0.4 is 15.4 Å². The lowest BCUT2D eigenvalue weighted by molar-refractivity contribution is 0.312. The van der Waals surface area contributed by atoms with E-state index in [1.54, 1.807) is 10.9 Å². The number of aromatic nitrogens is 5. The molecule has 0 aromatic carbocycles. The highest BCUT2D eigenvalue weighted by molar-refractivity contribution is 5.93. The van der Waals surface area contributed by atoms with Gasteiger partial charge in [0.1, 0.15) is 29.5 Å². The molecule has 1 atom stereocenters. The van der Waals surface area contributed by atoms with E-state index in [-0.39, 0.29) is 6.04 Å². The van der Waals surface area contributed by atoms with Crippen LogP contribution in [-0.4, -0.2) is 37.9 Å². The highest BCUT2D eigenvalue weighted by Gasteiger charge is 2.29. The zero-order chi connectivity index (χ0) is 17.6. The van der Waals surface area contributed by atoms with Gasteiger partial charge in [0.15, 0.2) is 5.65 Å². The molecule has 8 nitrogen and oxygen atoms in total. The molecule has 1 aliphatic rings. The molecule has 0 radical (unpaired) electrons. The van der Waals surface area contributed by atoms with Crippen molar-refractivity contribution in [2.24, 2.45) is 7.05 Å². The lowest BCUT2D eigenvalue weighted by Crippen LogP contribution is -2.32. The van der Waals surface area contributed by atoms with Gasteiger partial charge >= 0.3 is 0 Å². The van der Waals surface area contributed by atoms with Gasteiger partial charge in [-0.2, -0.15) is 0 Å². The number of hydrogen-bond donors (Lipinski definition) is 1. The van der Waals surface area contributed by atoms with E-state index in [0.717, 1.165) is 34.7 Å². The van der Waals surface area contributed by atoms with Gasteiger partial charge in [0.05, 0.1) is 12.6 Å². The first-order valence-electron chi connectivity index (χ1n) is 8.43. The summed E-state index contributed by atoms with van der Waals surface area (Å²) in [5.74, 6) is 2.75. The fourth-order valence-corrected chi connectivity index (χ4v) is 3.28. The van der Waals surface area contributed by atoms with E-state index >= 15 is 0 Å². The average molecular weight is 339 g/mol. The molecule has 0 aliphatic carbocycles. The second-order valence-electron chi connectivity index (χ2n) is 6.14. The molecular formula is C17H21N7O. The molecule has 25 heavy (non-hydrogen) atoms. The summed E-state index contributed by atoms with van der Waals surface area (Å²) in [5.41, 5.74) is 7.86. The van der Waals surface area contributed by atoms with Gasteiger partial charge in [0.2, 0.25) is 5.88 Å². The number of nitrogens with zero attached hydrogens (tertiary/aromatic N) is 6. The summed E-state index contributed by atoms with van der Waals surface area (Å²) in [6.07, 6.45) is 2.45. The molecule has 1 unspecified atom stereocenters. The molecular weight excluding hydrogens is 318 g/mol. The minimum Gasteiger partial charge on any atom is -0.474 e. The molecule has 3 aromatic rings. The third kappa shape index (κ3) is 2.45. The van der Waals surface area contributed by atoms with Crippen LogP contribution in [0.5, 0.6) is 5.88 Å². The van der Waals surface area contributed by atoms with Gasteiger partial charge < -0.3 is 15.4 Å². The number of anilines is 2. The first-order chi connectivity index (χ1) is 12.1. The Hall–Kier alpha value is -2.90. The maximum atomic E-state index is 6.10. The third-order valence-corrected chi connectivity index (χ3v) is 4.63. The predicted octanol–water partition coefficient (Wildman–Crippen LogP) is 1.86. The van der Waals surface area contributed by atoms with Crippen LogP contribution in [-0.2, 0) is 13.5 Å². The van der Waals surface area contributed by atoms with E-state index in [0.29, 0.717) is 24.8 Å². The SMILES string of the molecule is CCc1nc2c3c(nn(C)c3n1)OCCN2C(C)c1cccnc1N. The van der Waals surface area contributed by atoms with E-state index in [2.05, 4.69) is 26.9 Å². The van der Waals surface area contributed by atoms with Crippen molar-refractivity contribution < 1.29 is 4.74 Å². The Labute approximate surface area is 145 Å². The topological polar surface area (TPSA) is 95.0 Å². The Kier molecular flexibility index (Phi) is 3.67. The van der Waals surface area contributed by atoms with E-state index in [1.165, 1.54) is 0 Å². The van der Waals surface area contributed by atoms with Gasteiger partial charge in [-0.25, -0.2) is 19.6 Å². The lowest BCUT2D eigenvalue weighted by Gasteiger charge is -2.30. The third-order valence-electron chi connectivity index (χ3n) is 4.63. The molecule has 3 aromatic heterocycles. The Balaban J connectivity index is 1.91.